The van der Waals surface area contributed by atoms with E-state index in [1.165, 1.54) is 4.68 Å². The molecule has 6 rings (SSSR count). The highest BCUT2D eigenvalue weighted by atomic mass is 32.2. The van der Waals surface area contributed by atoms with Crippen LogP contribution in [0.15, 0.2) is 47.8 Å². The van der Waals surface area contributed by atoms with Gasteiger partial charge >= 0.3 is 0 Å². The second-order valence-electron chi connectivity index (χ2n) is 7.76. The van der Waals surface area contributed by atoms with Crippen molar-refractivity contribution in [3.05, 3.63) is 48.4 Å². The first-order valence-electron chi connectivity index (χ1n) is 9.36. The third-order valence-corrected chi connectivity index (χ3v) is 7.23. The van der Waals surface area contributed by atoms with Gasteiger partial charge in [-0.05, 0) is 43.5 Å². The number of anilines is 1. The maximum Gasteiger partial charge on any atom is 0.241 e. The number of fused-ring (bicyclic) bond motifs is 1. The molecule has 3 fully saturated rings. The number of benzene rings is 1. The van der Waals surface area contributed by atoms with Gasteiger partial charge in [-0.15, -0.1) is 0 Å². The van der Waals surface area contributed by atoms with Crippen LogP contribution in [0.3, 0.4) is 0 Å². The van der Waals surface area contributed by atoms with Gasteiger partial charge in [0.2, 0.25) is 10.0 Å². The maximum atomic E-state index is 13.0. The Morgan fingerprint density at radius 1 is 1.34 bits per heavy atom. The molecule has 1 saturated carbocycles. The van der Waals surface area contributed by atoms with Crippen LogP contribution >= 0.6 is 0 Å². The number of aryl methyl sites for hydroxylation is 1. The largest absolute Gasteiger partial charge is 0.381 e. The molecule has 2 aromatic heterocycles. The highest BCUT2D eigenvalue weighted by Gasteiger charge is 2.52. The number of nitrogen functional groups attached to an aromatic ring is 1. The van der Waals surface area contributed by atoms with Crippen LogP contribution in [0.1, 0.15) is 18.4 Å². The van der Waals surface area contributed by atoms with E-state index in [9.17, 15) is 8.42 Å². The molecule has 0 unspecified atom stereocenters. The number of rotatable bonds is 5. The molecule has 0 spiro atoms. The first-order chi connectivity index (χ1) is 13.9. The molecule has 1 aliphatic carbocycles. The number of nitrogens with zero attached hydrogens (tertiary/aromatic N) is 4. The van der Waals surface area contributed by atoms with E-state index in [0.717, 1.165) is 18.4 Å². The van der Waals surface area contributed by atoms with Crippen molar-refractivity contribution in [1.29, 1.82) is 0 Å². The molecule has 29 heavy (non-hydrogen) atoms. The molecule has 3 aromatic rings. The minimum Gasteiger partial charge on any atom is -0.381 e. The molecule has 9 nitrogen and oxygen atoms in total. The van der Waals surface area contributed by atoms with Crippen LogP contribution in [-0.2, 0) is 10.0 Å². The monoisotopic (exact) mass is 411 g/mol. The molecule has 4 heterocycles. The van der Waals surface area contributed by atoms with E-state index < -0.39 is 10.0 Å². The molecule has 3 aliphatic rings. The van der Waals surface area contributed by atoms with Crippen LogP contribution in [-0.4, -0.2) is 46.3 Å². The molecule has 4 N–H and O–H groups in total. The second kappa shape index (κ2) is 6.34. The van der Waals surface area contributed by atoms with E-state index in [4.69, 9.17) is 5.73 Å². The standard InChI is InChI=1S/C19H21N7O2S/c1-12-3-4-14(29(27,28)25-19-8-13(9-19)22-11-19)7-15(12)16-10-21-17(20)18(24-16)26-6-2-5-23-26/h2-7,10,13,22,25H,8-9,11H2,1H3,(H2,20,21). The summed E-state index contributed by atoms with van der Waals surface area (Å²) in [7, 11) is -3.65. The Balaban J connectivity index is 1.53. The molecule has 0 atom stereocenters. The zero-order valence-electron chi connectivity index (χ0n) is 15.8. The Bertz CT molecular complexity index is 1180. The molecular formula is C19H21N7O2S. The number of sulfonamides is 1. The molecule has 0 radical (unpaired) electrons. The van der Waals surface area contributed by atoms with Gasteiger partial charge in [0.05, 0.1) is 16.8 Å². The third-order valence-electron chi connectivity index (χ3n) is 5.65. The highest BCUT2D eigenvalue weighted by Crippen LogP contribution is 2.39. The van der Waals surface area contributed by atoms with E-state index in [1.807, 2.05) is 6.92 Å². The molecule has 2 aliphatic heterocycles. The average Bonchev–Trinajstić information content (AvgIpc) is 3.39. The molecule has 2 saturated heterocycles. The minimum atomic E-state index is -3.65. The number of hydrogen-bond acceptors (Lipinski definition) is 7. The van der Waals surface area contributed by atoms with Crippen molar-refractivity contribution >= 4 is 15.8 Å². The van der Waals surface area contributed by atoms with Gasteiger partial charge in [-0.2, -0.15) is 5.10 Å². The molecule has 10 heteroatoms. The molecule has 150 valence electrons. The van der Waals surface area contributed by atoms with Gasteiger partial charge in [0.25, 0.3) is 0 Å². The van der Waals surface area contributed by atoms with E-state index in [-0.39, 0.29) is 16.3 Å². The van der Waals surface area contributed by atoms with Crippen molar-refractivity contribution in [2.75, 3.05) is 12.3 Å². The summed E-state index contributed by atoms with van der Waals surface area (Å²) in [5.74, 6) is 0.641. The first kappa shape index (κ1) is 18.2. The summed E-state index contributed by atoms with van der Waals surface area (Å²) < 4.78 is 30.4. The molecule has 1 aromatic carbocycles. The number of nitrogens with two attached hydrogens (primary N) is 1. The Kier molecular flexibility index (Phi) is 3.99. The van der Waals surface area contributed by atoms with Gasteiger partial charge < -0.3 is 11.1 Å². The average molecular weight is 411 g/mol. The van der Waals surface area contributed by atoms with Crippen LogP contribution < -0.4 is 15.8 Å². The summed E-state index contributed by atoms with van der Waals surface area (Å²) in [6.07, 6.45) is 6.57. The van der Waals surface area contributed by atoms with E-state index in [0.29, 0.717) is 29.7 Å². The lowest BCUT2D eigenvalue weighted by Crippen LogP contribution is -2.54. The Hall–Kier alpha value is -2.82. The first-order valence-corrected chi connectivity index (χ1v) is 10.8. The van der Waals surface area contributed by atoms with Crippen molar-refractivity contribution in [2.45, 2.75) is 36.2 Å². The number of aromatic nitrogens is 4. The lowest BCUT2D eigenvalue weighted by molar-refractivity contribution is 0.279. The van der Waals surface area contributed by atoms with Crippen LogP contribution in [0, 0.1) is 6.92 Å². The van der Waals surface area contributed by atoms with Gasteiger partial charge in [0.1, 0.15) is 0 Å². The van der Waals surface area contributed by atoms with Crippen LogP contribution in [0.4, 0.5) is 5.82 Å². The fourth-order valence-electron chi connectivity index (χ4n) is 4.10. The van der Waals surface area contributed by atoms with Gasteiger partial charge in [-0.3, -0.25) is 0 Å². The van der Waals surface area contributed by atoms with Crippen molar-refractivity contribution in [3.8, 4) is 17.1 Å². The highest BCUT2D eigenvalue weighted by molar-refractivity contribution is 7.89. The number of hydrogen-bond donors (Lipinski definition) is 3. The van der Waals surface area contributed by atoms with Crippen LogP contribution in [0.5, 0.6) is 0 Å². The smallest absolute Gasteiger partial charge is 0.241 e. The third kappa shape index (κ3) is 3.09. The summed E-state index contributed by atoms with van der Waals surface area (Å²) in [5.41, 5.74) is 7.70. The Morgan fingerprint density at radius 2 is 2.17 bits per heavy atom. The zero-order chi connectivity index (χ0) is 20.2. The van der Waals surface area contributed by atoms with Gasteiger partial charge in [0.15, 0.2) is 11.6 Å². The summed E-state index contributed by atoms with van der Waals surface area (Å²) in [4.78, 5) is 9.02. The lowest BCUT2D eigenvalue weighted by atomic mass is 9.79. The van der Waals surface area contributed by atoms with Gasteiger partial charge in [-0.1, -0.05) is 6.07 Å². The summed E-state index contributed by atoms with van der Waals surface area (Å²) in [5, 5.41) is 7.47. The van der Waals surface area contributed by atoms with Crippen LogP contribution in [0.2, 0.25) is 0 Å². The SMILES string of the molecule is Cc1ccc(S(=O)(=O)NC23CNC(C2)C3)cc1-c1cnc(N)c(-n2cccn2)n1. The summed E-state index contributed by atoms with van der Waals surface area (Å²) in [6, 6.07) is 7.23. The van der Waals surface area contributed by atoms with Crippen molar-refractivity contribution in [3.63, 3.8) is 0 Å². The summed E-state index contributed by atoms with van der Waals surface area (Å²) in [6.45, 7) is 2.58. The quantitative estimate of drug-likeness (QED) is 0.571. The zero-order valence-corrected chi connectivity index (χ0v) is 16.6. The Morgan fingerprint density at radius 3 is 2.86 bits per heavy atom. The predicted molar refractivity (Wildman–Crippen MR) is 108 cm³/mol. The molecule has 2 bridgehead atoms. The van der Waals surface area contributed by atoms with Gasteiger partial charge in [-0.25, -0.2) is 27.8 Å². The summed E-state index contributed by atoms with van der Waals surface area (Å²) >= 11 is 0. The van der Waals surface area contributed by atoms with E-state index in [2.05, 4.69) is 25.1 Å². The van der Waals surface area contributed by atoms with Crippen molar-refractivity contribution in [1.82, 2.24) is 29.8 Å². The van der Waals surface area contributed by atoms with Gasteiger partial charge in [0, 0.05) is 36.1 Å². The fraction of sp³-hybridized carbons (Fsp3) is 0.316. The fourth-order valence-corrected chi connectivity index (χ4v) is 5.55. The molecule has 0 amide bonds. The van der Waals surface area contributed by atoms with Crippen molar-refractivity contribution < 1.29 is 8.42 Å². The van der Waals surface area contributed by atoms with E-state index in [1.54, 1.807) is 42.9 Å². The Labute approximate surface area is 168 Å². The minimum absolute atomic E-state index is 0.210. The maximum absolute atomic E-state index is 13.0. The van der Waals surface area contributed by atoms with E-state index >= 15 is 0 Å². The lowest BCUT2D eigenvalue weighted by Gasteiger charge is -2.37. The number of nitrogens with one attached hydrogen (secondary N) is 2. The normalized spacial score (nSPS) is 23.1. The second-order valence-corrected chi connectivity index (χ2v) is 9.45. The molecular weight excluding hydrogens is 390 g/mol. The topological polar surface area (TPSA) is 128 Å². The van der Waals surface area contributed by atoms with Crippen LogP contribution in [0.25, 0.3) is 17.1 Å². The predicted octanol–water partition coefficient (Wildman–Crippen LogP) is 1.00. The van der Waals surface area contributed by atoms with Crippen molar-refractivity contribution in [2.24, 2.45) is 0 Å².